The molecule has 0 spiro atoms. The summed E-state index contributed by atoms with van der Waals surface area (Å²) in [5.74, 6) is 0.915. The van der Waals surface area contributed by atoms with E-state index in [1.54, 1.807) is 6.20 Å². The van der Waals surface area contributed by atoms with E-state index in [4.69, 9.17) is 5.10 Å². The Bertz CT molecular complexity index is 1010. The number of aryl methyl sites for hydroxylation is 2. The lowest BCUT2D eigenvalue weighted by Crippen LogP contribution is -2.07. The van der Waals surface area contributed by atoms with E-state index >= 15 is 0 Å². The second-order valence-electron chi connectivity index (χ2n) is 6.03. The fourth-order valence-corrected chi connectivity index (χ4v) is 2.92. The van der Waals surface area contributed by atoms with Crippen molar-refractivity contribution < 1.29 is 0 Å². The number of benzene rings is 1. The number of anilines is 1. The summed E-state index contributed by atoms with van der Waals surface area (Å²) < 4.78 is 1.88. The Labute approximate surface area is 146 Å². The second-order valence-corrected chi connectivity index (χ2v) is 6.03. The van der Waals surface area contributed by atoms with Gasteiger partial charge in [-0.3, -0.25) is 4.98 Å². The van der Waals surface area contributed by atoms with Crippen molar-refractivity contribution in [2.75, 3.05) is 5.32 Å². The van der Waals surface area contributed by atoms with Crippen molar-refractivity contribution in [2.45, 2.75) is 20.4 Å². The van der Waals surface area contributed by atoms with E-state index in [0.29, 0.717) is 6.54 Å². The smallest absolute Gasteiger partial charge is 0.161 e. The number of aromatic nitrogens is 4. The summed E-state index contributed by atoms with van der Waals surface area (Å²) in [5.41, 5.74) is 5.95. The molecule has 0 aliphatic rings. The first-order valence-corrected chi connectivity index (χ1v) is 8.28. The molecule has 0 fully saturated rings. The predicted octanol–water partition coefficient (Wildman–Crippen LogP) is 4.02. The monoisotopic (exact) mass is 329 g/mol. The van der Waals surface area contributed by atoms with Crippen molar-refractivity contribution in [3.63, 3.8) is 0 Å². The molecule has 0 radical (unpaired) electrons. The van der Waals surface area contributed by atoms with Gasteiger partial charge >= 0.3 is 0 Å². The van der Waals surface area contributed by atoms with Crippen molar-refractivity contribution in [2.24, 2.45) is 0 Å². The van der Waals surface area contributed by atoms with Gasteiger partial charge in [-0.15, -0.1) is 0 Å². The SMILES string of the molecule is Cc1cc(NCc2ccccn2)n2nc(-c3ccccc3)c(C)c2n1. The molecule has 5 heteroatoms. The van der Waals surface area contributed by atoms with Crippen molar-refractivity contribution in [3.05, 3.63) is 77.7 Å². The average molecular weight is 329 g/mol. The maximum Gasteiger partial charge on any atom is 0.161 e. The van der Waals surface area contributed by atoms with Gasteiger partial charge in [-0.2, -0.15) is 9.61 Å². The Morgan fingerprint density at radius 3 is 2.56 bits per heavy atom. The highest BCUT2D eigenvalue weighted by Crippen LogP contribution is 2.26. The third kappa shape index (κ3) is 2.96. The molecule has 124 valence electrons. The highest BCUT2D eigenvalue weighted by Gasteiger charge is 2.14. The number of pyridine rings is 1. The summed E-state index contributed by atoms with van der Waals surface area (Å²) in [4.78, 5) is 9.04. The van der Waals surface area contributed by atoms with Crippen molar-refractivity contribution >= 4 is 11.5 Å². The lowest BCUT2D eigenvalue weighted by atomic mass is 10.1. The summed E-state index contributed by atoms with van der Waals surface area (Å²) in [6.07, 6.45) is 1.80. The van der Waals surface area contributed by atoms with Crippen LogP contribution in [0.5, 0.6) is 0 Å². The molecule has 3 aromatic heterocycles. The molecule has 3 heterocycles. The Balaban J connectivity index is 1.77. The van der Waals surface area contributed by atoms with Crippen LogP contribution in [0.1, 0.15) is 17.0 Å². The minimum absolute atomic E-state index is 0.638. The van der Waals surface area contributed by atoms with Crippen LogP contribution in [0, 0.1) is 13.8 Å². The number of nitrogens with one attached hydrogen (secondary N) is 1. The molecule has 0 aliphatic heterocycles. The molecule has 0 bridgehead atoms. The van der Waals surface area contributed by atoms with Crippen LogP contribution in [0.2, 0.25) is 0 Å². The van der Waals surface area contributed by atoms with Gasteiger partial charge in [0.05, 0.1) is 17.9 Å². The van der Waals surface area contributed by atoms with Crippen LogP contribution in [0.4, 0.5) is 5.82 Å². The van der Waals surface area contributed by atoms with Gasteiger partial charge in [-0.25, -0.2) is 4.98 Å². The molecule has 25 heavy (non-hydrogen) atoms. The van der Waals surface area contributed by atoms with Gasteiger partial charge in [-0.1, -0.05) is 36.4 Å². The van der Waals surface area contributed by atoms with E-state index in [0.717, 1.165) is 39.7 Å². The minimum Gasteiger partial charge on any atom is -0.364 e. The quantitative estimate of drug-likeness (QED) is 0.614. The van der Waals surface area contributed by atoms with Gasteiger partial charge in [0.1, 0.15) is 5.82 Å². The zero-order chi connectivity index (χ0) is 17.2. The van der Waals surface area contributed by atoms with E-state index in [-0.39, 0.29) is 0 Å². The van der Waals surface area contributed by atoms with Crippen LogP contribution in [0.15, 0.2) is 60.8 Å². The Morgan fingerprint density at radius 1 is 1.00 bits per heavy atom. The molecular weight excluding hydrogens is 310 g/mol. The van der Waals surface area contributed by atoms with Crippen LogP contribution in [-0.2, 0) is 6.54 Å². The van der Waals surface area contributed by atoms with Crippen LogP contribution < -0.4 is 5.32 Å². The fraction of sp³-hybridized carbons (Fsp3) is 0.150. The maximum atomic E-state index is 4.81. The Kier molecular flexibility index (Phi) is 3.90. The number of rotatable bonds is 4. The minimum atomic E-state index is 0.638. The van der Waals surface area contributed by atoms with Crippen LogP contribution in [-0.4, -0.2) is 19.6 Å². The second kappa shape index (κ2) is 6.36. The molecular formula is C20H19N5. The molecule has 1 N–H and O–H groups in total. The molecule has 0 amide bonds. The normalized spacial score (nSPS) is 11.0. The average Bonchev–Trinajstić information content (AvgIpc) is 2.98. The Morgan fingerprint density at radius 2 is 1.80 bits per heavy atom. The van der Waals surface area contributed by atoms with Crippen molar-refractivity contribution in [1.29, 1.82) is 0 Å². The van der Waals surface area contributed by atoms with Crippen LogP contribution in [0.3, 0.4) is 0 Å². The third-order valence-electron chi connectivity index (χ3n) is 4.17. The first kappa shape index (κ1) is 15.3. The highest BCUT2D eigenvalue weighted by atomic mass is 15.3. The summed E-state index contributed by atoms with van der Waals surface area (Å²) in [6, 6.07) is 18.1. The van der Waals surface area contributed by atoms with E-state index in [9.17, 15) is 0 Å². The topological polar surface area (TPSA) is 55.1 Å². The van der Waals surface area contributed by atoms with Gasteiger partial charge in [0.2, 0.25) is 0 Å². The van der Waals surface area contributed by atoms with Crippen LogP contribution >= 0.6 is 0 Å². The molecule has 4 rings (SSSR count). The molecule has 0 saturated carbocycles. The first-order valence-electron chi connectivity index (χ1n) is 8.28. The van der Waals surface area contributed by atoms with Gasteiger partial charge in [0, 0.05) is 29.1 Å². The number of fused-ring (bicyclic) bond motifs is 1. The number of hydrogen-bond donors (Lipinski definition) is 1. The zero-order valence-electron chi connectivity index (χ0n) is 14.3. The van der Waals surface area contributed by atoms with Crippen LogP contribution in [0.25, 0.3) is 16.9 Å². The molecule has 4 aromatic rings. The molecule has 0 saturated heterocycles. The van der Waals surface area contributed by atoms with E-state index in [1.807, 2.05) is 53.9 Å². The van der Waals surface area contributed by atoms with Gasteiger partial charge in [0.25, 0.3) is 0 Å². The van der Waals surface area contributed by atoms with E-state index in [2.05, 4.69) is 34.3 Å². The molecule has 0 aliphatic carbocycles. The van der Waals surface area contributed by atoms with E-state index in [1.165, 1.54) is 0 Å². The summed E-state index contributed by atoms with van der Waals surface area (Å²) in [6.45, 7) is 4.71. The van der Waals surface area contributed by atoms with Gasteiger partial charge in [-0.05, 0) is 26.0 Å². The van der Waals surface area contributed by atoms with Gasteiger partial charge < -0.3 is 5.32 Å². The van der Waals surface area contributed by atoms with Crippen molar-refractivity contribution in [3.8, 4) is 11.3 Å². The highest BCUT2D eigenvalue weighted by molar-refractivity contribution is 5.71. The third-order valence-corrected chi connectivity index (χ3v) is 4.17. The lowest BCUT2D eigenvalue weighted by molar-refractivity contribution is 0.912. The van der Waals surface area contributed by atoms with E-state index < -0.39 is 0 Å². The van der Waals surface area contributed by atoms with Crippen molar-refractivity contribution in [1.82, 2.24) is 19.6 Å². The zero-order valence-corrected chi connectivity index (χ0v) is 14.3. The fourth-order valence-electron chi connectivity index (χ4n) is 2.92. The predicted molar refractivity (Wildman–Crippen MR) is 99.5 cm³/mol. The standard InChI is InChI=1S/C20H19N5/c1-14-12-18(22-13-17-10-6-7-11-21-17)25-20(23-14)15(2)19(24-25)16-8-4-3-5-9-16/h3-12,22H,13H2,1-2H3. The number of nitrogens with zero attached hydrogens (tertiary/aromatic N) is 4. The Hall–Kier alpha value is -3.21. The maximum absolute atomic E-state index is 4.81. The summed E-state index contributed by atoms with van der Waals surface area (Å²) in [5, 5.41) is 8.24. The molecule has 5 nitrogen and oxygen atoms in total. The van der Waals surface area contributed by atoms with Gasteiger partial charge in [0.15, 0.2) is 5.65 Å². The lowest BCUT2D eigenvalue weighted by Gasteiger charge is -2.09. The molecule has 1 aromatic carbocycles. The molecule has 0 unspecified atom stereocenters. The molecule has 0 atom stereocenters. The first-order chi connectivity index (χ1) is 12.2. The summed E-state index contributed by atoms with van der Waals surface area (Å²) >= 11 is 0. The summed E-state index contributed by atoms with van der Waals surface area (Å²) in [7, 11) is 0. The largest absolute Gasteiger partial charge is 0.364 e. The number of hydrogen-bond acceptors (Lipinski definition) is 4.